The van der Waals surface area contributed by atoms with Gasteiger partial charge in [-0.05, 0) is 25.7 Å². The van der Waals surface area contributed by atoms with E-state index in [0.29, 0.717) is 25.7 Å². The zero-order chi connectivity index (χ0) is 59.1. The highest BCUT2D eigenvalue weighted by Crippen LogP contribution is 2.45. The Morgan fingerprint density at radius 1 is 0.300 bits per heavy atom. The van der Waals surface area contributed by atoms with Crippen LogP contribution in [0.4, 0.5) is 0 Å². The van der Waals surface area contributed by atoms with E-state index in [2.05, 4.69) is 27.7 Å². The van der Waals surface area contributed by atoms with E-state index < -0.39 is 97.5 Å². The number of phosphoric acid groups is 2. The van der Waals surface area contributed by atoms with Gasteiger partial charge in [-0.25, -0.2) is 9.13 Å². The maximum absolute atomic E-state index is 12.9. The number of aliphatic hydroxyl groups excluding tert-OH is 1. The van der Waals surface area contributed by atoms with Crippen molar-refractivity contribution in [3.05, 3.63) is 0 Å². The maximum Gasteiger partial charge on any atom is 0.472 e. The molecular weight excluding hydrogens is 1070 g/mol. The number of phosphoric ester groups is 2. The molecule has 0 amide bonds. The van der Waals surface area contributed by atoms with Gasteiger partial charge >= 0.3 is 39.5 Å². The van der Waals surface area contributed by atoms with Crippen LogP contribution in [0.3, 0.4) is 0 Å². The van der Waals surface area contributed by atoms with Crippen LogP contribution >= 0.6 is 15.6 Å². The number of carbonyl (C=O) groups excluding carboxylic acids is 4. The first-order valence-corrected chi connectivity index (χ1v) is 35.3. The van der Waals surface area contributed by atoms with Crippen molar-refractivity contribution in [3.8, 4) is 0 Å². The van der Waals surface area contributed by atoms with Gasteiger partial charge in [0.1, 0.15) is 19.3 Å². The predicted molar refractivity (Wildman–Crippen MR) is 317 cm³/mol. The Labute approximate surface area is 486 Å². The zero-order valence-corrected chi connectivity index (χ0v) is 52.8. The summed E-state index contributed by atoms with van der Waals surface area (Å²) in [5, 5.41) is 10.5. The molecule has 5 atom stereocenters. The fourth-order valence-electron chi connectivity index (χ4n) is 9.10. The first-order chi connectivity index (χ1) is 38.7. The van der Waals surface area contributed by atoms with Gasteiger partial charge in [-0.15, -0.1) is 0 Å². The molecule has 0 aliphatic carbocycles. The summed E-state index contributed by atoms with van der Waals surface area (Å²) in [6.07, 6.45) is 40.5. The Bertz CT molecular complexity index is 1550. The minimum absolute atomic E-state index is 0.106. The van der Waals surface area contributed by atoms with Crippen molar-refractivity contribution >= 4 is 39.5 Å². The van der Waals surface area contributed by atoms with Crippen molar-refractivity contribution in [1.29, 1.82) is 0 Å². The highest BCUT2D eigenvalue weighted by Gasteiger charge is 2.30. The van der Waals surface area contributed by atoms with Gasteiger partial charge in [0.15, 0.2) is 12.2 Å². The number of rotatable bonds is 62. The van der Waals surface area contributed by atoms with Crippen LogP contribution < -0.4 is 0 Å². The fraction of sp³-hybridized carbons (Fsp3) is 0.934. The van der Waals surface area contributed by atoms with E-state index >= 15 is 0 Å². The number of hydrogen-bond donors (Lipinski definition) is 3. The SMILES string of the molecule is CCCCCCCCCCCCCCCC(=O)O[C@H](COC(=O)CCCCCCCCCCCCCC)COP(=O)(O)OC[C@@H](O)COP(=O)(O)OC[C@@H](COC(=O)CCCCCCC)OC(=O)CCCCCCCCCCCC. The van der Waals surface area contributed by atoms with Crippen LogP contribution in [0.25, 0.3) is 0 Å². The molecule has 0 aliphatic heterocycles. The van der Waals surface area contributed by atoms with Gasteiger partial charge in [0.2, 0.25) is 0 Å². The molecule has 2 unspecified atom stereocenters. The summed E-state index contributed by atoms with van der Waals surface area (Å²) in [4.78, 5) is 71.8. The van der Waals surface area contributed by atoms with E-state index in [-0.39, 0.29) is 25.7 Å². The lowest BCUT2D eigenvalue weighted by Crippen LogP contribution is -2.30. The number of hydrogen-bond acceptors (Lipinski definition) is 15. The number of esters is 4. The van der Waals surface area contributed by atoms with Gasteiger partial charge in [-0.2, -0.15) is 0 Å². The third kappa shape index (κ3) is 55.3. The minimum atomic E-state index is -4.94. The fourth-order valence-corrected chi connectivity index (χ4v) is 10.7. The van der Waals surface area contributed by atoms with Gasteiger partial charge < -0.3 is 33.8 Å². The third-order valence-electron chi connectivity index (χ3n) is 14.1. The van der Waals surface area contributed by atoms with E-state index in [4.69, 9.17) is 37.0 Å². The number of ether oxygens (including phenoxy) is 4. The average Bonchev–Trinajstić information content (AvgIpc) is 3.43. The van der Waals surface area contributed by atoms with E-state index in [1.54, 1.807) is 0 Å². The Kier molecular flexibility index (Phi) is 54.8. The van der Waals surface area contributed by atoms with Gasteiger partial charge in [0.25, 0.3) is 0 Å². The second-order valence-corrected chi connectivity index (χ2v) is 25.0. The lowest BCUT2D eigenvalue weighted by Gasteiger charge is -2.21. The van der Waals surface area contributed by atoms with Gasteiger partial charge in [0, 0.05) is 25.7 Å². The number of unbranched alkanes of at least 4 members (excludes halogenated alkanes) is 36. The van der Waals surface area contributed by atoms with Crippen LogP contribution in [0.15, 0.2) is 0 Å². The molecule has 80 heavy (non-hydrogen) atoms. The molecule has 474 valence electrons. The third-order valence-corrected chi connectivity index (χ3v) is 16.0. The quantitative estimate of drug-likeness (QED) is 0.0222. The summed E-state index contributed by atoms with van der Waals surface area (Å²) in [5.41, 5.74) is 0. The molecule has 0 aromatic carbocycles. The van der Waals surface area contributed by atoms with Crippen LogP contribution in [0.1, 0.15) is 310 Å². The summed E-state index contributed by atoms with van der Waals surface area (Å²) < 4.78 is 67.7. The molecule has 0 spiro atoms. The maximum atomic E-state index is 12.9. The van der Waals surface area contributed by atoms with E-state index in [1.165, 1.54) is 135 Å². The van der Waals surface area contributed by atoms with Gasteiger partial charge in [-0.3, -0.25) is 37.3 Å². The molecule has 0 aromatic heterocycles. The molecule has 0 radical (unpaired) electrons. The lowest BCUT2D eigenvalue weighted by atomic mass is 10.0. The van der Waals surface area contributed by atoms with Crippen LogP contribution in [-0.2, 0) is 65.4 Å². The lowest BCUT2D eigenvalue weighted by molar-refractivity contribution is -0.161. The predicted octanol–water partition coefficient (Wildman–Crippen LogP) is 16.8. The highest BCUT2D eigenvalue weighted by atomic mass is 31.2. The second-order valence-electron chi connectivity index (χ2n) is 22.1. The molecule has 3 N–H and O–H groups in total. The van der Waals surface area contributed by atoms with Crippen LogP contribution in [0, 0.1) is 0 Å². The smallest absolute Gasteiger partial charge is 0.462 e. The number of carbonyl (C=O) groups is 4. The Hall–Kier alpha value is -1.94. The second kappa shape index (κ2) is 56.2. The van der Waals surface area contributed by atoms with Crippen molar-refractivity contribution in [2.75, 3.05) is 39.6 Å². The van der Waals surface area contributed by atoms with E-state index in [1.807, 2.05) is 0 Å². The Morgan fingerprint density at radius 3 is 0.738 bits per heavy atom. The van der Waals surface area contributed by atoms with E-state index in [9.17, 15) is 43.2 Å². The largest absolute Gasteiger partial charge is 0.472 e. The highest BCUT2D eigenvalue weighted by molar-refractivity contribution is 7.47. The van der Waals surface area contributed by atoms with Crippen molar-refractivity contribution in [2.45, 2.75) is 329 Å². The first-order valence-electron chi connectivity index (χ1n) is 32.3. The van der Waals surface area contributed by atoms with Crippen molar-refractivity contribution in [3.63, 3.8) is 0 Å². The summed E-state index contributed by atoms with van der Waals surface area (Å²) in [7, 11) is -9.87. The molecule has 0 aromatic rings. The minimum Gasteiger partial charge on any atom is -0.462 e. The van der Waals surface area contributed by atoms with Gasteiger partial charge in [-0.1, -0.05) is 259 Å². The summed E-state index contributed by atoms with van der Waals surface area (Å²) in [6, 6.07) is 0. The van der Waals surface area contributed by atoms with E-state index in [0.717, 1.165) is 96.3 Å². The molecule has 0 saturated heterocycles. The summed E-state index contributed by atoms with van der Waals surface area (Å²) >= 11 is 0. The van der Waals surface area contributed by atoms with Crippen LogP contribution in [0.5, 0.6) is 0 Å². The molecule has 0 heterocycles. The zero-order valence-electron chi connectivity index (χ0n) is 51.0. The normalized spacial score (nSPS) is 14.2. The molecule has 0 fully saturated rings. The van der Waals surface area contributed by atoms with Crippen molar-refractivity contribution < 1.29 is 80.2 Å². The molecule has 19 heteroatoms. The topological polar surface area (TPSA) is 237 Å². The monoisotopic (exact) mass is 1180 g/mol. The standard InChI is InChI=1S/C61H118O17P2/c1-5-9-13-17-20-23-26-28-30-33-36-40-44-48-61(66)78-57(52-72-59(64)46-42-38-34-32-29-27-24-21-18-14-10-6-2)54-76-80(69,70)74-50-55(62)49-73-79(67,68)75-53-56(51-71-58(63)45-41-37-16-12-8-4)77-60(65)47-43-39-35-31-25-22-19-15-11-7-3/h55-57,62H,5-54H2,1-4H3,(H,67,68)(H,69,70)/t55-,56+,57+/m0/s1. The molecular formula is C61H118O17P2. The average molecular weight is 1190 g/mol. The van der Waals surface area contributed by atoms with Crippen LogP contribution in [0.2, 0.25) is 0 Å². The van der Waals surface area contributed by atoms with Gasteiger partial charge in [0.05, 0.1) is 26.4 Å². The summed E-state index contributed by atoms with van der Waals surface area (Å²) in [6.45, 7) is 4.78. The molecule has 17 nitrogen and oxygen atoms in total. The Morgan fingerprint density at radius 2 is 0.500 bits per heavy atom. The molecule has 0 saturated carbocycles. The molecule has 0 rings (SSSR count). The first kappa shape index (κ1) is 78.1. The summed E-state index contributed by atoms with van der Waals surface area (Å²) in [5.74, 6) is -2.14. The molecule has 0 bridgehead atoms. The van der Waals surface area contributed by atoms with Crippen molar-refractivity contribution in [2.24, 2.45) is 0 Å². The number of aliphatic hydroxyl groups is 1. The van der Waals surface area contributed by atoms with Crippen LogP contribution in [-0.4, -0.2) is 96.7 Å². The molecule has 0 aliphatic rings. The van der Waals surface area contributed by atoms with Crippen molar-refractivity contribution in [1.82, 2.24) is 0 Å². The Balaban J connectivity index is 5.17.